The quantitative estimate of drug-likeness (QED) is 0.864. The van der Waals surface area contributed by atoms with Crippen molar-refractivity contribution >= 4 is 33.5 Å². The van der Waals surface area contributed by atoms with Crippen molar-refractivity contribution in [3.05, 3.63) is 28.2 Å². The van der Waals surface area contributed by atoms with Crippen LogP contribution >= 0.6 is 15.9 Å². The molecule has 2 rings (SSSR count). The molecule has 2 unspecified atom stereocenters. The molecule has 0 spiro atoms. The number of nitrogens with one attached hydrogen (secondary N) is 1. The summed E-state index contributed by atoms with van der Waals surface area (Å²) in [4.78, 5) is 23.0. The van der Waals surface area contributed by atoms with Crippen molar-refractivity contribution < 1.29 is 23.5 Å². The summed E-state index contributed by atoms with van der Waals surface area (Å²) in [5.41, 5.74) is -0.499. The Hall–Kier alpha value is -1.50. The zero-order valence-corrected chi connectivity index (χ0v) is 12.6. The molecule has 4 nitrogen and oxygen atoms in total. The molecule has 1 aliphatic rings. The van der Waals surface area contributed by atoms with Crippen LogP contribution in [0.25, 0.3) is 0 Å². The Balaban J connectivity index is 2.10. The number of halogens is 3. The highest BCUT2D eigenvalue weighted by molar-refractivity contribution is 9.10. The fourth-order valence-electron chi connectivity index (χ4n) is 2.54. The number of carboxylic acid groups (broad SMARTS) is 1. The van der Waals surface area contributed by atoms with Crippen molar-refractivity contribution in [1.82, 2.24) is 0 Å². The number of rotatable bonds is 3. The maximum absolute atomic E-state index is 13.7. The Bertz CT molecular complexity index is 556. The van der Waals surface area contributed by atoms with Crippen molar-refractivity contribution in [3.8, 4) is 0 Å². The Morgan fingerprint density at radius 2 is 1.76 bits per heavy atom. The van der Waals surface area contributed by atoms with Gasteiger partial charge in [-0.25, -0.2) is 8.78 Å². The van der Waals surface area contributed by atoms with Crippen LogP contribution in [0.3, 0.4) is 0 Å². The molecule has 1 aromatic carbocycles. The zero-order valence-electron chi connectivity index (χ0n) is 11.0. The van der Waals surface area contributed by atoms with E-state index in [4.69, 9.17) is 5.11 Å². The number of carbonyl (C=O) groups excluding carboxylic acids is 1. The standard InChI is InChI=1S/C14H14BrF2NO3/c15-9-5-10(16)12(11(17)6-9)18-13(19)7-2-1-3-8(4-7)14(20)21/h5-8H,1-4H2,(H,18,19)(H,20,21). The predicted octanol–water partition coefficient (Wildman–Crippen LogP) is 3.56. The summed E-state index contributed by atoms with van der Waals surface area (Å²) < 4.78 is 27.6. The summed E-state index contributed by atoms with van der Waals surface area (Å²) in [5.74, 6) is -4.34. The van der Waals surface area contributed by atoms with E-state index < -0.39 is 41.0 Å². The van der Waals surface area contributed by atoms with Crippen LogP contribution in [0.2, 0.25) is 0 Å². The van der Waals surface area contributed by atoms with Crippen molar-refractivity contribution in [3.63, 3.8) is 0 Å². The van der Waals surface area contributed by atoms with E-state index in [0.29, 0.717) is 19.3 Å². The summed E-state index contributed by atoms with van der Waals surface area (Å²) in [6.45, 7) is 0. The molecule has 1 aromatic rings. The molecule has 0 aliphatic heterocycles. The largest absolute Gasteiger partial charge is 0.481 e. The number of carboxylic acids is 1. The monoisotopic (exact) mass is 361 g/mol. The summed E-state index contributed by atoms with van der Waals surface area (Å²) in [5, 5.41) is 11.2. The van der Waals surface area contributed by atoms with E-state index in [1.54, 1.807) is 0 Å². The lowest BCUT2D eigenvalue weighted by Crippen LogP contribution is -2.31. The molecule has 0 radical (unpaired) electrons. The molecule has 1 amide bonds. The molecule has 1 saturated carbocycles. The van der Waals surface area contributed by atoms with Gasteiger partial charge in [0.25, 0.3) is 0 Å². The van der Waals surface area contributed by atoms with Gasteiger partial charge in [0.15, 0.2) is 11.6 Å². The molecule has 7 heteroatoms. The SMILES string of the molecule is O=C(O)C1CCCC(C(=O)Nc2c(F)cc(Br)cc2F)C1. The second-order valence-electron chi connectivity index (χ2n) is 5.13. The zero-order chi connectivity index (χ0) is 15.6. The topological polar surface area (TPSA) is 66.4 Å². The summed E-state index contributed by atoms with van der Waals surface area (Å²) >= 11 is 2.96. The van der Waals surface area contributed by atoms with Gasteiger partial charge >= 0.3 is 5.97 Å². The third-order valence-electron chi connectivity index (χ3n) is 3.65. The molecular weight excluding hydrogens is 348 g/mol. The van der Waals surface area contributed by atoms with Gasteiger partial charge in [-0.2, -0.15) is 0 Å². The normalized spacial score (nSPS) is 21.9. The van der Waals surface area contributed by atoms with Gasteiger partial charge in [-0.05, 0) is 31.4 Å². The van der Waals surface area contributed by atoms with Gasteiger partial charge in [-0.15, -0.1) is 0 Å². The number of amides is 1. The molecule has 114 valence electrons. The minimum absolute atomic E-state index is 0.195. The highest BCUT2D eigenvalue weighted by atomic mass is 79.9. The molecule has 1 fully saturated rings. The Morgan fingerprint density at radius 3 is 2.33 bits per heavy atom. The second kappa shape index (κ2) is 6.51. The summed E-state index contributed by atoms with van der Waals surface area (Å²) in [6.07, 6.45) is 1.86. The van der Waals surface area contributed by atoms with E-state index in [9.17, 15) is 18.4 Å². The third-order valence-corrected chi connectivity index (χ3v) is 4.11. The number of hydrogen-bond donors (Lipinski definition) is 2. The van der Waals surface area contributed by atoms with Crippen LogP contribution in [-0.2, 0) is 9.59 Å². The van der Waals surface area contributed by atoms with E-state index in [-0.39, 0.29) is 10.9 Å². The Kier molecular flexibility index (Phi) is 4.92. The molecule has 0 heterocycles. The molecule has 0 saturated heterocycles. The molecule has 0 bridgehead atoms. The average Bonchev–Trinajstić information content (AvgIpc) is 2.42. The van der Waals surface area contributed by atoms with Crippen LogP contribution in [0.5, 0.6) is 0 Å². The van der Waals surface area contributed by atoms with Crippen LogP contribution in [0.1, 0.15) is 25.7 Å². The second-order valence-corrected chi connectivity index (χ2v) is 6.05. The first-order chi connectivity index (χ1) is 9.88. The lowest BCUT2D eigenvalue weighted by Gasteiger charge is -2.25. The van der Waals surface area contributed by atoms with Gasteiger partial charge in [0.1, 0.15) is 5.69 Å². The van der Waals surface area contributed by atoms with E-state index in [1.165, 1.54) is 0 Å². The minimum Gasteiger partial charge on any atom is -0.481 e. The van der Waals surface area contributed by atoms with Gasteiger partial charge in [0.05, 0.1) is 5.92 Å². The first-order valence-electron chi connectivity index (χ1n) is 6.56. The average molecular weight is 362 g/mol. The van der Waals surface area contributed by atoms with Gasteiger partial charge < -0.3 is 10.4 Å². The van der Waals surface area contributed by atoms with Crippen LogP contribution < -0.4 is 5.32 Å². The number of benzene rings is 1. The lowest BCUT2D eigenvalue weighted by atomic mass is 9.81. The van der Waals surface area contributed by atoms with Gasteiger partial charge in [0, 0.05) is 10.4 Å². The lowest BCUT2D eigenvalue weighted by molar-refractivity contribution is -0.143. The summed E-state index contributed by atoms with van der Waals surface area (Å²) in [6, 6.07) is 2.11. The van der Waals surface area contributed by atoms with Crippen LogP contribution in [0.4, 0.5) is 14.5 Å². The first-order valence-corrected chi connectivity index (χ1v) is 7.36. The van der Waals surface area contributed by atoms with Crippen molar-refractivity contribution in [2.45, 2.75) is 25.7 Å². The van der Waals surface area contributed by atoms with Gasteiger partial charge in [-0.3, -0.25) is 9.59 Å². The molecule has 1 aliphatic carbocycles. The minimum atomic E-state index is -0.937. The molecule has 2 N–H and O–H groups in total. The third kappa shape index (κ3) is 3.78. The smallest absolute Gasteiger partial charge is 0.306 e. The molecular formula is C14H14BrF2NO3. The van der Waals surface area contributed by atoms with E-state index >= 15 is 0 Å². The van der Waals surface area contributed by atoms with E-state index in [1.807, 2.05) is 0 Å². The predicted molar refractivity (Wildman–Crippen MR) is 75.8 cm³/mol. The number of hydrogen-bond acceptors (Lipinski definition) is 2. The summed E-state index contributed by atoms with van der Waals surface area (Å²) in [7, 11) is 0. The van der Waals surface area contributed by atoms with Crippen molar-refractivity contribution in [2.24, 2.45) is 11.8 Å². The van der Waals surface area contributed by atoms with Crippen molar-refractivity contribution in [1.29, 1.82) is 0 Å². The Labute approximate surface area is 128 Å². The van der Waals surface area contributed by atoms with Crippen LogP contribution in [0.15, 0.2) is 16.6 Å². The number of anilines is 1. The molecule has 21 heavy (non-hydrogen) atoms. The maximum Gasteiger partial charge on any atom is 0.306 e. The Morgan fingerprint density at radius 1 is 1.19 bits per heavy atom. The maximum atomic E-state index is 13.7. The first kappa shape index (κ1) is 15.9. The fourth-order valence-corrected chi connectivity index (χ4v) is 2.94. The van der Waals surface area contributed by atoms with Gasteiger partial charge in [-0.1, -0.05) is 22.4 Å². The van der Waals surface area contributed by atoms with Crippen LogP contribution in [0, 0.1) is 23.5 Å². The van der Waals surface area contributed by atoms with Crippen molar-refractivity contribution in [2.75, 3.05) is 5.32 Å². The molecule has 0 aromatic heterocycles. The van der Waals surface area contributed by atoms with E-state index in [0.717, 1.165) is 12.1 Å². The van der Waals surface area contributed by atoms with E-state index in [2.05, 4.69) is 21.2 Å². The van der Waals surface area contributed by atoms with Gasteiger partial charge in [0.2, 0.25) is 5.91 Å². The highest BCUT2D eigenvalue weighted by Gasteiger charge is 2.31. The molecule has 2 atom stereocenters. The number of carbonyl (C=O) groups is 2. The van der Waals surface area contributed by atoms with Crippen LogP contribution in [-0.4, -0.2) is 17.0 Å². The highest BCUT2D eigenvalue weighted by Crippen LogP contribution is 2.31. The number of aliphatic carboxylic acids is 1. The fraction of sp³-hybridized carbons (Fsp3) is 0.429.